The van der Waals surface area contributed by atoms with Crippen LogP contribution in [0.1, 0.15) is 62.9 Å². The van der Waals surface area contributed by atoms with Gasteiger partial charge in [0.05, 0.1) is 12.0 Å². The molecule has 0 aromatic heterocycles. The fourth-order valence-corrected chi connectivity index (χ4v) is 5.98. The zero-order valence-electron chi connectivity index (χ0n) is 22.6. The number of amides is 2. The fraction of sp³-hybridized carbons (Fsp3) is 0.679. The number of hydrogen-bond donors (Lipinski definition) is 1. The number of nitrogens with zero attached hydrogens (tertiary/aromatic N) is 3. The minimum absolute atomic E-state index is 0.0349. The minimum Gasteiger partial charge on any atom is -0.369 e. The molecular weight excluding hydrogens is 456 g/mol. The number of piperazine rings is 1. The number of Topliss-reactive ketones (excluding diaryl/α,β-unsaturated/α-hetero) is 1. The highest BCUT2D eigenvalue weighted by atomic mass is 16.5. The molecule has 2 amide bonds. The summed E-state index contributed by atoms with van der Waals surface area (Å²) < 4.78 is 5.87. The van der Waals surface area contributed by atoms with E-state index in [0.717, 1.165) is 31.9 Å². The van der Waals surface area contributed by atoms with Crippen LogP contribution in [-0.2, 0) is 14.3 Å². The molecule has 198 valence electrons. The maximum atomic E-state index is 14.3. The van der Waals surface area contributed by atoms with Crippen LogP contribution in [0.2, 0.25) is 0 Å². The second kappa shape index (κ2) is 10.1. The van der Waals surface area contributed by atoms with Crippen LogP contribution in [0.3, 0.4) is 0 Å². The predicted octanol–water partition coefficient (Wildman–Crippen LogP) is 2.51. The molecule has 8 heteroatoms. The van der Waals surface area contributed by atoms with Crippen molar-refractivity contribution in [1.29, 1.82) is 0 Å². The Balaban J connectivity index is 1.75. The number of fused-ring (bicyclic) bond motifs is 1. The van der Waals surface area contributed by atoms with Gasteiger partial charge in [-0.2, -0.15) is 0 Å². The van der Waals surface area contributed by atoms with Crippen LogP contribution >= 0.6 is 0 Å². The summed E-state index contributed by atoms with van der Waals surface area (Å²) in [5.74, 6) is -0.884. The smallest absolute Gasteiger partial charge is 0.249 e. The molecule has 0 bridgehead atoms. The number of carbonyl (C=O) groups is 3. The first-order valence-corrected chi connectivity index (χ1v) is 13.2. The topological polar surface area (TPSA) is 96.2 Å². The average Bonchev–Trinajstić information content (AvgIpc) is 3.37. The van der Waals surface area contributed by atoms with E-state index in [2.05, 4.69) is 51.5 Å². The summed E-state index contributed by atoms with van der Waals surface area (Å²) in [7, 11) is 2.11. The summed E-state index contributed by atoms with van der Waals surface area (Å²) >= 11 is 0. The molecule has 8 nitrogen and oxygen atoms in total. The summed E-state index contributed by atoms with van der Waals surface area (Å²) in [6, 6.07) is 5.13. The standard InChI is InChI=1S/C28H42N4O4/c1-17(2)22-15-32(24-23(33)16-36-25(22)24)27(35)21(14-28(3,4)5)20-13-18(7-8-19(20)26(29)34)31-11-9-30(6)10-12-31/h7-8,13,17,21-22,24-25H,9-12,14-16H2,1-6H3,(H2,29,34)/t21-,22+,24+,25+/m0/s1. The lowest BCUT2D eigenvalue weighted by Crippen LogP contribution is -2.45. The van der Waals surface area contributed by atoms with E-state index >= 15 is 0 Å². The van der Waals surface area contributed by atoms with E-state index in [-0.39, 0.29) is 41.7 Å². The van der Waals surface area contributed by atoms with E-state index < -0.39 is 17.9 Å². The largest absolute Gasteiger partial charge is 0.369 e. The summed E-state index contributed by atoms with van der Waals surface area (Å²) in [6.45, 7) is 14.7. The van der Waals surface area contributed by atoms with Crippen molar-refractivity contribution in [3.05, 3.63) is 29.3 Å². The average molecular weight is 499 g/mol. The number of benzene rings is 1. The van der Waals surface area contributed by atoms with Gasteiger partial charge in [-0.25, -0.2) is 0 Å². The summed E-state index contributed by atoms with van der Waals surface area (Å²) in [4.78, 5) is 46.0. The summed E-state index contributed by atoms with van der Waals surface area (Å²) in [5, 5.41) is 0. The Kier molecular flexibility index (Phi) is 7.49. The Hall–Kier alpha value is -2.45. The third-order valence-corrected chi connectivity index (χ3v) is 8.02. The first-order valence-electron chi connectivity index (χ1n) is 13.2. The minimum atomic E-state index is -0.583. The van der Waals surface area contributed by atoms with E-state index in [1.165, 1.54) is 0 Å². The van der Waals surface area contributed by atoms with Crippen LogP contribution in [0.25, 0.3) is 0 Å². The van der Waals surface area contributed by atoms with E-state index in [4.69, 9.17) is 10.5 Å². The normalized spacial score (nSPS) is 26.0. The summed E-state index contributed by atoms with van der Waals surface area (Å²) in [6.07, 6.45) is 0.275. The van der Waals surface area contributed by atoms with Crippen molar-refractivity contribution in [2.75, 3.05) is 51.3 Å². The highest BCUT2D eigenvalue weighted by Crippen LogP contribution is 2.41. The van der Waals surface area contributed by atoms with Crippen molar-refractivity contribution in [2.24, 2.45) is 23.0 Å². The van der Waals surface area contributed by atoms with Crippen LogP contribution in [0, 0.1) is 17.3 Å². The number of nitrogens with two attached hydrogens (primary N) is 1. The number of ether oxygens (including phenoxy) is 1. The van der Waals surface area contributed by atoms with Crippen molar-refractivity contribution in [1.82, 2.24) is 9.80 Å². The van der Waals surface area contributed by atoms with Gasteiger partial charge in [-0.3, -0.25) is 14.4 Å². The molecule has 4 rings (SSSR count). The first-order chi connectivity index (χ1) is 16.9. The van der Waals surface area contributed by atoms with Gasteiger partial charge >= 0.3 is 0 Å². The van der Waals surface area contributed by atoms with Crippen LogP contribution < -0.4 is 10.6 Å². The van der Waals surface area contributed by atoms with Crippen LogP contribution in [0.4, 0.5) is 5.69 Å². The maximum absolute atomic E-state index is 14.3. The van der Waals surface area contributed by atoms with E-state index in [0.29, 0.717) is 24.1 Å². The Labute approximate surface area is 215 Å². The molecule has 4 atom stereocenters. The lowest BCUT2D eigenvalue weighted by molar-refractivity contribution is -0.138. The SMILES string of the molecule is CC(C)[C@H]1CN(C(=O)[C@@H](CC(C)(C)C)c2cc(N3CCN(C)CC3)ccc2C(N)=O)[C@@H]2C(=O)CO[C@H]12. The molecule has 0 saturated carbocycles. The van der Waals surface area contributed by atoms with E-state index in [1.54, 1.807) is 11.0 Å². The quantitative estimate of drug-likeness (QED) is 0.648. The van der Waals surface area contributed by atoms with Crippen molar-refractivity contribution < 1.29 is 19.1 Å². The fourth-order valence-electron chi connectivity index (χ4n) is 5.98. The van der Waals surface area contributed by atoms with Crippen molar-refractivity contribution >= 4 is 23.3 Å². The monoisotopic (exact) mass is 498 g/mol. The molecule has 0 radical (unpaired) electrons. The van der Waals surface area contributed by atoms with Gasteiger partial charge in [0.15, 0.2) is 5.78 Å². The number of likely N-dealkylation sites (N-methyl/N-ethyl adjacent to an activating group) is 1. The molecule has 3 saturated heterocycles. The first kappa shape index (κ1) is 26.6. The van der Waals surface area contributed by atoms with Crippen molar-refractivity contribution in [2.45, 2.75) is 59.1 Å². The molecule has 3 aliphatic rings. The third-order valence-electron chi connectivity index (χ3n) is 8.02. The molecule has 0 unspecified atom stereocenters. The third kappa shape index (κ3) is 5.30. The van der Waals surface area contributed by atoms with Crippen LogP contribution in [-0.4, -0.2) is 85.9 Å². The van der Waals surface area contributed by atoms with Gasteiger partial charge in [-0.15, -0.1) is 0 Å². The Morgan fingerprint density at radius 3 is 2.39 bits per heavy atom. The number of anilines is 1. The number of ketones is 1. The second-order valence-corrected chi connectivity index (χ2v) is 12.3. The van der Waals surface area contributed by atoms with Gasteiger partial charge < -0.3 is 25.2 Å². The molecule has 1 aromatic carbocycles. The van der Waals surface area contributed by atoms with E-state index in [1.807, 2.05) is 12.1 Å². The Morgan fingerprint density at radius 2 is 1.81 bits per heavy atom. The molecule has 0 aliphatic carbocycles. The Morgan fingerprint density at radius 1 is 1.14 bits per heavy atom. The number of likely N-dealkylation sites (tertiary alicyclic amines) is 1. The molecule has 36 heavy (non-hydrogen) atoms. The van der Waals surface area contributed by atoms with Crippen molar-refractivity contribution in [3.63, 3.8) is 0 Å². The van der Waals surface area contributed by atoms with E-state index in [9.17, 15) is 14.4 Å². The maximum Gasteiger partial charge on any atom is 0.249 e. The number of primary amides is 1. The lowest BCUT2D eigenvalue weighted by Gasteiger charge is -2.35. The van der Waals surface area contributed by atoms with Gasteiger partial charge in [-0.1, -0.05) is 34.6 Å². The van der Waals surface area contributed by atoms with Gasteiger partial charge in [0, 0.05) is 49.9 Å². The lowest BCUT2D eigenvalue weighted by atomic mass is 9.79. The van der Waals surface area contributed by atoms with Gasteiger partial charge in [-0.05, 0) is 48.6 Å². The Bertz CT molecular complexity index is 1010. The summed E-state index contributed by atoms with van der Waals surface area (Å²) in [5.41, 5.74) is 7.67. The zero-order chi connectivity index (χ0) is 26.4. The van der Waals surface area contributed by atoms with Gasteiger partial charge in [0.1, 0.15) is 12.6 Å². The molecule has 3 heterocycles. The molecular formula is C28H42N4O4. The molecule has 0 spiro atoms. The highest BCUT2D eigenvalue weighted by Gasteiger charge is 2.54. The number of carbonyl (C=O) groups excluding carboxylic acids is 3. The predicted molar refractivity (Wildman–Crippen MR) is 140 cm³/mol. The molecule has 1 aromatic rings. The molecule has 3 aliphatic heterocycles. The zero-order valence-corrected chi connectivity index (χ0v) is 22.6. The van der Waals surface area contributed by atoms with Crippen molar-refractivity contribution in [3.8, 4) is 0 Å². The van der Waals surface area contributed by atoms with Gasteiger partial charge in [0.25, 0.3) is 0 Å². The number of hydrogen-bond acceptors (Lipinski definition) is 6. The van der Waals surface area contributed by atoms with Crippen LogP contribution in [0.5, 0.6) is 0 Å². The molecule has 3 fully saturated rings. The van der Waals surface area contributed by atoms with Crippen LogP contribution in [0.15, 0.2) is 18.2 Å². The highest BCUT2D eigenvalue weighted by molar-refractivity contribution is 5.99. The van der Waals surface area contributed by atoms with Gasteiger partial charge in [0.2, 0.25) is 11.8 Å². The molecule has 2 N–H and O–H groups in total. The number of rotatable bonds is 6. The second-order valence-electron chi connectivity index (χ2n) is 12.3.